The molecule has 0 aliphatic heterocycles. The molecular formula is C17H14O2. The van der Waals surface area contributed by atoms with E-state index < -0.39 is 0 Å². The van der Waals surface area contributed by atoms with Crippen LogP contribution < -0.4 is 0 Å². The van der Waals surface area contributed by atoms with Crippen LogP contribution in [-0.4, -0.2) is 10.2 Å². The number of allylic oxidation sites excluding steroid dienone is 1. The molecule has 1 spiro atoms. The molecule has 0 amide bonds. The molecule has 0 fully saturated rings. The van der Waals surface area contributed by atoms with Gasteiger partial charge >= 0.3 is 0 Å². The summed E-state index contributed by atoms with van der Waals surface area (Å²) in [4.78, 5) is 0. The Bertz CT molecular complexity index is 715. The first-order chi connectivity index (χ1) is 9.19. The Labute approximate surface area is 111 Å². The summed E-state index contributed by atoms with van der Waals surface area (Å²) in [7, 11) is 0. The predicted octanol–water partition coefficient (Wildman–Crippen LogP) is 3.36. The summed E-state index contributed by atoms with van der Waals surface area (Å²) in [6.45, 7) is 0. The van der Waals surface area contributed by atoms with Gasteiger partial charge in [0.2, 0.25) is 0 Å². The zero-order chi connectivity index (χ0) is 13.0. The predicted molar refractivity (Wildman–Crippen MR) is 74.3 cm³/mol. The molecule has 0 bridgehead atoms. The molecule has 0 saturated carbocycles. The van der Waals surface area contributed by atoms with Crippen LogP contribution in [0.2, 0.25) is 0 Å². The third-order valence-electron chi connectivity index (χ3n) is 4.42. The van der Waals surface area contributed by atoms with Crippen LogP contribution >= 0.6 is 0 Å². The second-order valence-electron chi connectivity index (χ2n) is 5.42. The van der Waals surface area contributed by atoms with E-state index in [0.717, 1.165) is 18.4 Å². The third kappa shape index (κ3) is 1.31. The summed E-state index contributed by atoms with van der Waals surface area (Å²) in [5.41, 5.74) is 4.80. The first kappa shape index (κ1) is 10.7. The summed E-state index contributed by atoms with van der Waals surface area (Å²) in [6, 6.07) is 11.3. The van der Waals surface area contributed by atoms with E-state index in [4.69, 9.17) is 0 Å². The average Bonchev–Trinajstić information content (AvgIpc) is 2.93. The minimum absolute atomic E-state index is 0.0634. The molecule has 2 N–H and O–H groups in total. The second kappa shape index (κ2) is 3.41. The summed E-state index contributed by atoms with van der Waals surface area (Å²) in [5.74, 6) is 0.646. The highest BCUT2D eigenvalue weighted by molar-refractivity contribution is 5.72. The number of aromatic hydroxyl groups is 2. The fourth-order valence-corrected chi connectivity index (χ4v) is 3.56. The number of phenolic OH excluding ortho intramolecular Hbond substituents is 2. The van der Waals surface area contributed by atoms with E-state index in [1.807, 2.05) is 24.3 Å². The van der Waals surface area contributed by atoms with Gasteiger partial charge in [-0.3, -0.25) is 0 Å². The van der Waals surface area contributed by atoms with Crippen LogP contribution in [0.3, 0.4) is 0 Å². The Morgan fingerprint density at radius 3 is 2.47 bits per heavy atom. The van der Waals surface area contributed by atoms with Gasteiger partial charge in [-0.25, -0.2) is 0 Å². The maximum absolute atomic E-state index is 9.61. The number of aryl methyl sites for hydroxylation is 1. The minimum Gasteiger partial charge on any atom is -0.508 e. The molecular weight excluding hydrogens is 236 g/mol. The second-order valence-corrected chi connectivity index (χ2v) is 5.42. The Balaban J connectivity index is 1.95. The lowest BCUT2D eigenvalue weighted by atomic mass is 9.77. The number of hydrogen-bond donors (Lipinski definition) is 2. The van der Waals surface area contributed by atoms with E-state index in [0.29, 0.717) is 11.5 Å². The van der Waals surface area contributed by atoms with E-state index >= 15 is 0 Å². The fourth-order valence-electron chi connectivity index (χ4n) is 3.56. The maximum atomic E-state index is 9.61. The van der Waals surface area contributed by atoms with Crippen molar-refractivity contribution < 1.29 is 10.2 Å². The highest BCUT2D eigenvalue weighted by Crippen LogP contribution is 2.51. The normalized spacial score (nSPS) is 22.7. The van der Waals surface area contributed by atoms with Gasteiger partial charge < -0.3 is 10.2 Å². The lowest BCUT2D eigenvalue weighted by molar-refractivity contribution is 0.474. The van der Waals surface area contributed by atoms with Crippen LogP contribution in [0.1, 0.15) is 28.7 Å². The molecule has 2 aliphatic carbocycles. The van der Waals surface area contributed by atoms with Crippen molar-refractivity contribution in [1.82, 2.24) is 0 Å². The van der Waals surface area contributed by atoms with Gasteiger partial charge in [-0.05, 0) is 59.4 Å². The number of rotatable bonds is 0. The van der Waals surface area contributed by atoms with Gasteiger partial charge in [0.25, 0.3) is 0 Å². The molecule has 2 heteroatoms. The van der Waals surface area contributed by atoms with E-state index in [-0.39, 0.29) is 5.41 Å². The molecule has 94 valence electrons. The fraction of sp³-hybridized carbons (Fsp3) is 0.176. The van der Waals surface area contributed by atoms with Crippen molar-refractivity contribution in [2.24, 2.45) is 0 Å². The molecule has 0 heterocycles. The van der Waals surface area contributed by atoms with E-state index in [1.54, 1.807) is 12.1 Å². The third-order valence-corrected chi connectivity index (χ3v) is 4.42. The van der Waals surface area contributed by atoms with Gasteiger partial charge in [0.1, 0.15) is 11.5 Å². The SMILES string of the molecule is Oc1ccc2c(c1)C=CC21CCc2cc(O)ccc21. The largest absolute Gasteiger partial charge is 0.508 e. The molecule has 0 radical (unpaired) electrons. The molecule has 4 rings (SSSR count). The molecule has 2 aromatic rings. The zero-order valence-electron chi connectivity index (χ0n) is 10.4. The summed E-state index contributed by atoms with van der Waals surface area (Å²) in [5, 5.41) is 19.2. The van der Waals surface area contributed by atoms with Crippen molar-refractivity contribution in [2.75, 3.05) is 0 Å². The van der Waals surface area contributed by atoms with Crippen molar-refractivity contribution in [2.45, 2.75) is 18.3 Å². The van der Waals surface area contributed by atoms with Crippen LogP contribution in [-0.2, 0) is 11.8 Å². The molecule has 2 aliphatic rings. The van der Waals surface area contributed by atoms with Gasteiger partial charge in [-0.15, -0.1) is 0 Å². The highest BCUT2D eigenvalue weighted by Gasteiger charge is 2.41. The first-order valence-corrected chi connectivity index (χ1v) is 6.54. The van der Waals surface area contributed by atoms with Crippen LogP contribution in [0, 0.1) is 0 Å². The first-order valence-electron chi connectivity index (χ1n) is 6.54. The van der Waals surface area contributed by atoms with Crippen LogP contribution in [0.4, 0.5) is 0 Å². The van der Waals surface area contributed by atoms with Crippen molar-refractivity contribution >= 4 is 6.08 Å². The Morgan fingerprint density at radius 2 is 1.63 bits per heavy atom. The molecule has 2 nitrogen and oxygen atoms in total. The quantitative estimate of drug-likeness (QED) is 0.752. The molecule has 0 saturated heterocycles. The Kier molecular flexibility index (Phi) is 1.92. The number of benzene rings is 2. The summed E-state index contributed by atoms with van der Waals surface area (Å²) < 4.78 is 0. The molecule has 1 unspecified atom stereocenters. The molecule has 19 heavy (non-hydrogen) atoms. The van der Waals surface area contributed by atoms with Crippen LogP contribution in [0.25, 0.3) is 6.08 Å². The average molecular weight is 250 g/mol. The van der Waals surface area contributed by atoms with E-state index in [1.165, 1.54) is 16.7 Å². The number of hydrogen-bond acceptors (Lipinski definition) is 2. The van der Waals surface area contributed by atoms with Crippen LogP contribution in [0.15, 0.2) is 42.5 Å². The smallest absolute Gasteiger partial charge is 0.116 e. The van der Waals surface area contributed by atoms with Crippen molar-refractivity contribution in [1.29, 1.82) is 0 Å². The molecule has 1 atom stereocenters. The van der Waals surface area contributed by atoms with Gasteiger partial charge in [0, 0.05) is 5.41 Å². The molecule has 2 aromatic carbocycles. The van der Waals surface area contributed by atoms with Crippen LogP contribution in [0.5, 0.6) is 11.5 Å². The zero-order valence-corrected chi connectivity index (χ0v) is 10.4. The summed E-state index contributed by atoms with van der Waals surface area (Å²) in [6.07, 6.45) is 6.34. The Hall–Kier alpha value is -2.22. The van der Waals surface area contributed by atoms with Crippen molar-refractivity contribution in [3.05, 3.63) is 64.7 Å². The van der Waals surface area contributed by atoms with Gasteiger partial charge in [0.05, 0.1) is 0 Å². The Morgan fingerprint density at radius 1 is 0.895 bits per heavy atom. The van der Waals surface area contributed by atoms with Crippen molar-refractivity contribution in [3.63, 3.8) is 0 Å². The number of fused-ring (bicyclic) bond motifs is 4. The monoisotopic (exact) mass is 250 g/mol. The summed E-state index contributed by atoms with van der Waals surface area (Å²) >= 11 is 0. The highest BCUT2D eigenvalue weighted by atomic mass is 16.3. The van der Waals surface area contributed by atoms with Gasteiger partial charge in [-0.2, -0.15) is 0 Å². The van der Waals surface area contributed by atoms with Gasteiger partial charge in [0.15, 0.2) is 0 Å². The van der Waals surface area contributed by atoms with Crippen molar-refractivity contribution in [3.8, 4) is 11.5 Å². The van der Waals surface area contributed by atoms with Gasteiger partial charge in [-0.1, -0.05) is 24.3 Å². The standard InChI is InChI=1S/C17H14O2/c18-13-1-3-15-11(9-13)5-7-17(15)8-6-12-10-14(19)2-4-16(12)17/h1-5,7,9-10,18-19H,6,8H2. The topological polar surface area (TPSA) is 40.5 Å². The van der Waals surface area contributed by atoms with E-state index in [2.05, 4.69) is 12.2 Å². The molecule has 0 aromatic heterocycles. The lowest BCUT2D eigenvalue weighted by Gasteiger charge is -2.25. The number of phenols is 2. The van der Waals surface area contributed by atoms with E-state index in [9.17, 15) is 10.2 Å². The maximum Gasteiger partial charge on any atom is 0.116 e. The lowest BCUT2D eigenvalue weighted by Crippen LogP contribution is -2.19. The minimum atomic E-state index is -0.0634.